The standard InChI is InChI=1S/C43H30N3O/c1-2-12-29(13-3-1)46-39-19-7-6-18-38(39)44-43(46)36-16-8-15-31-32(36)20-21-34-37(31)27-28-11-4-5-14-30(28)41(34)33-22-23-40-42-35(33)17-9-24-45(42)25-10-26-47-40/h1-9,11-24,27H,10,25-26H2/q+1. The number of para-hydroxylation sites is 3. The normalized spacial score (nSPS) is 13.0. The first-order valence-corrected chi connectivity index (χ1v) is 16.3. The molecule has 47 heavy (non-hydrogen) atoms. The first-order chi connectivity index (χ1) is 23.3. The highest BCUT2D eigenvalue weighted by molar-refractivity contribution is 6.23. The molecule has 0 unspecified atom stereocenters. The lowest BCUT2D eigenvalue weighted by Gasteiger charge is -2.17. The van der Waals surface area contributed by atoms with Crippen LogP contribution in [0.25, 0.3) is 82.5 Å². The Morgan fingerprint density at radius 1 is 0.596 bits per heavy atom. The zero-order valence-electron chi connectivity index (χ0n) is 25.7. The predicted molar refractivity (Wildman–Crippen MR) is 192 cm³/mol. The number of imidazole rings is 1. The van der Waals surface area contributed by atoms with E-state index in [4.69, 9.17) is 9.72 Å². The van der Waals surface area contributed by atoms with Crippen LogP contribution in [0.1, 0.15) is 6.42 Å². The van der Waals surface area contributed by atoms with E-state index < -0.39 is 0 Å². The van der Waals surface area contributed by atoms with Gasteiger partial charge >= 0.3 is 0 Å². The third-order valence-corrected chi connectivity index (χ3v) is 9.78. The molecule has 0 saturated heterocycles. The van der Waals surface area contributed by atoms with E-state index in [1.54, 1.807) is 0 Å². The molecule has 3 heterocycles. The van der Waals surface area contributed by atoms with Crippen LogP contribution < -0.4 is 9.30 Å². The van der Waals surface area contributed by atoms with E-state index in [0.717, 1.165) is 53.4 Å². The predicted octanol–water partition coefficient (Wildman–Crippen LogP) is 10.0. The number of hydrogen-bond donors (Lipinski definition) is 0. The maximum absolute atomic E-state index is 6.23. The summed E-state index contributed by atoms with van der Waals surface area (Å²) in [6.07, 6.45) is 3.18. The molecule has 1 aliphatic rings. The molecule has 0 aliphatic carbocycles. The molecular formula is C43H30N3O+. The van der Waals surface area contributed by atoms with Crippen molar-refractivity contribution >= 4 is 54.3 Å². The van der Waals surface area contributed by atoms with E-state index in [1.165, 1.54) is 54.3 Å². The summed E-state index contributed by atoms with van der Waals surface area (Å²) in [4.78, 5) is 5.23. The van der Waals surface area contributed by atoms with E-state index in [2.05, 4.69) is 155 Å². The van der Waals surface area contributed by atoms with Gasteiger partial charge < -0.3 is 4.74 Å². The Balaban J connectivity index is 1.29. The molecule has 4 nitrogen and oxygen atoms in total. The van der Waals surface area contributed by atoms with E-state index in [9.17, 15) is 0 Å². The summed E-state index contributed by atoms with van der Waals surface area (Å²) in [7, 11) is 0. The summed E-state index contributed by atoms with van der Waals surface area (Å²) in [5, 5.41) is 8.58. The summed E-state index contributed by atoms with van der Waals surface area (Å²) in [5.74, 6) is 1.91. The van der Waals surface area contributed by atoms with Crippen molar-refractivity contribution in [2.75, 3.05) is 6.61 Å². The quantitative estimate of drug-likeness (QED) is 0.114. The van der Waals surface area contributed by atoms with E-state index in [1.807, 2.05) is 0 Å². The van der Waals surface area contributed by atoms with Crippen LogP contribution in [0.3, 0.4) is 0 Å². The maximum Gasteiger partial charge on any atom is 0.255 e. The third kappa shape index (κ3) is 3.95. The van der Waals surface area contributed by atoms with Gasteiger partial charge in [-0.15, -0.1) is 0 Å². The Kier molecular flexibility index (Phi) is 5.73. The molecule has 0 atom stereocenters. The lowest BCUT2D eigenvalue weighted by atomic mass is 9.87. The number of aryl methyl sites for hydroxylation is 1. The van der Waals surface area contributed by atoms with Gasteiger partial charge in [0.2, 0.25) is 0 Å². The lowest BCUT2D eigenvalue weighted by molar-refractivity contribution is -0.670. The Morgan fingerprint density at radius 2 is 1.40 bits per heavy atom. The van der Waals surface area contributed by atoms with Crippen LogP contribution in [-0.2, 0) is 6.54 Å². The minimum Gasteiger partial charge on any atom is -0.487 e. The van der Waals surface area contributed by atoms with Gasteiger partial charge in [-0.3, -0.25) is 4.57 Å². The van der Waals surface area contributed by atoms with Crippen LogP contribution in [0.5, 0.6) is 5.75 Å². The van der Waals surface area contributed by atoms with Crippen molar-refractivity contribution in [1.82, 2.24) is 9.55 Å². The van der Waals surface area contributed by atoms with Gasteiger partial charge in [-0.2, -0.15) is 4.57 Å². The summed E-state index contributed by atoms with van der Waals surface area (Å²) < 4.78 is 10.9. The summed E-state index contributed by atoms with van der Waals surface area (Å²) in [5.41, 5.74) is 7.96. The van der Waals surface area contributed by atoms with Gasteiger partial charge in [0.15, 0.2) is 18.5 Å². The molecule has 0 N–H and O–H groups in total. The molecule has 2 aromatic heterocycles. The van der Waals surface area contributed by atoms with Gasteiger partial charge in [-0.25, -0.2) is 4.98 Å². The lowest BCUT2D eigenvalue weighted by Crippen LogP contribution is -2.33. The molecule has 0 amide bonds. The van der Waals surface area contributed by atoms with Crippen LogP contribution in [0, 0.1) is 0 Å². The van der Waals surface area contributed by atoms with E-state index in [-0.39, 0.29) is 0 Å². The molecule has 0 radical (unpaired) electrons. The monoisotopic (exact) mass is 604 g/mol. The second-order valence-corrected chi connectivity index (χ2v) is 12.4. The van der Waals surface area contributed by atoms with Crippen LogP contribution in [0.15, 0.2) is 146 Å². The van der Waals surface area contributed by atoms with Gasteiger partial charge in [0.1, 0.15) is 5.82 Å². The first kappa shape index (κ1) is 26.2. The highest BCUT2D eigenvalue weighted by atomic mass is 16.5. The van der Waals surface area contributed by atoms with Crippen molar-refractivity contribution in [3.05, 3.63) is 146 Å². The van der Waals surface area contributed by atoms with Gasteiger partial charge in [0.25, 0.3) is 5.52 Å². The number of nitrogens with zero attached hydrogens (tertiary/aromatic N) is 3. The molecule has 0 saturated carbocycles. The SMILES string of the molecule is c1ccc(-n2c(-c3cccc4c3ccc3c(-c5ccc6c7c5ccc[n+]7CCCO6)c5ccccc5cc34)nc3ccccc32)cc1. The minimum atomic E-state index is 0.736. The topological polar surface area (TPSA) is 30.9 Å². The number of ether oxygens (including phenoxy) is 1. The highest BCUT2D eigenvalue weighted by Crippen LogP contribution is 2.44. The Bertz CT molecular complexity index is 2680. The number of pyridine rings is 1. The first-order valence-electron chi connectivity index (χ1n) is 16.3. The highest BCUT2D eigenvalue weighted by Gasteiger charge is 2.24. The fraction of sp³-hybridized carbons (Fsp3) is 0.0698. The summed E-state index contributed by atoms with van der Waals surface area (Å²) >= 11 is 0. The Morgan fingerprint density at radius 3 is 2.36 bits per heavy atom. The molecule has 0 bridgehead atoms. The van der Waals surface area contributed by atoms with Gasteiger partial charge in [-0.05, 0) is 92.0 Å². The second kappa shape index (κ2) is 10.3. The fourth-order valence-corrected chi connectivity index (χ4v) is 7.74. The van der Waals surface area contributed by atoms with Crippen LogP contribution >= 0.6 is 0 Å². The number of fused-ring (bicyclic) bond motifs is 5. The zero-order chi connectivity index (χ0) is 30.9. The Labute approximate surface area is 271 Å². The van der Waals surface area contributed by atoms with E-state index >= 15 is 0 Å². The smallest absolute Gasteiger partial charge is 0.255 e. The fourth-order valence-electron chi connectivity index (χ4n) is 7.74. The van der Waals surface area contributed by atoms with Crippen LogP contribution in [-0.4, -0.2) is 16.2 Å². The Hall–Kier alpha value is -6.00. The average Bonchev–Trinajstić information content (AvgIpc) is 3.39. The van der Waals surface area contributed by atoms with Crippen molar-refractivity contribution in [1.29, 1.82) is 0 Å². The average molecular weight is 605 g/mol. The van der Waals surface area contributed by atoms with Crippen molar-refractivity contribution in [3.8, 4) is 34.0 Å². The largest absolute Gasteiger partial charge is 0.487 e. The van der Waals surface area contributed by atoms with Crippen LogP contribution in [0.4, 0.5) is 0 Å². The van der Waals surface area contributed by atoms with Crippen molar-refractivity contribution in [3.63, 3.8) is 0 Å². The molecule has 7 aromatic carbocycles. The van der Waals surface area contributed by atoms with Gasteiger partial charge in [-0.1, -0.05) is 84.9 Å². The molecule has 222 valence electrons. The van der Waals surface area contributed by atoms with Crippen molar-refractivity contribution < 1.29 is 9.30 Å². The summed E-state index contributed by atoms with van der Waals surface area (Å²) in [6, 6.07) is 50.3. The number of benzene rings is 7. The number of hydrogen-bond acceptors (Lipinski definition) is 2. The minimum absolute atomic E-state index is 0.736. The molecule has 10 rings (SSSR count). The molecule has 4 heteroatoms. The molecule has 0 spiro atoms. The molecular weight excluding hydrogens is 574 g/mol. The zero-order valence-corrected chi connectivity index (χ0v) is 25.7. The van der Waals surface area contributed by atoms with Gasteiger partial charge in [0, 0.05) is 23.7 Å². The maximum atomic E-state index is 6.23. The molecule has 1 aliphatic heterocycles. The number of rotatable bonds is 3. The molecule has 9 aromatic rings. The van der Waals surface area contributed by atoms with Crippen molar-refractivity contribution in [2.45, 2.75) is 13.0 Å². The third-order valence-electron chi connectivity index (χ3n) is 9.78. The van der Waals surface area contributed by atoms with E-state index in [0.29, 0.717) is 0 Å². The van der Waals surface area contributed by atoms with Crippen LogP contribution in [0.2, 0.25) is 0 Å². The molecule has 0 fully saturated rings. The second-order valence-electron chi connectivity index (χ2n) is 12.4. The summed E-state index contributed by atoms with van der Waals surface area (Å²) in [6.45, 7) is 1.69. The number of aromatic nitrogens is 3. The van der Waals surface area contributed by atoms with Gasteiger partial charge in [0.05, 0.1) is 23.0 Å². The van der Waals surface area contributed by atoms with Crippen molar-refractivity contribution in [2.24, 2.45) is 0 Å².